The molecule has 4 aliphatic rings. The number of anilines is 1. The largest absolute Gasteiger partial charge is 0.545 e. The van der Waals surface area contributed by atoms with Crippen molar-refractivity contribution in [2.24, 2.45) is 11.8 Å². The minimum atomic E-state index is -1.34. The van der Waals surface area contributed by atoms with Gasteiger partial charge in [-0.05, 0) is 39.9 Å². The first-order valence-electron chi connectivity index (χ1n) is 9.95. The van der Waals surface area contributed by atoms with Gasteiger partial charge in [-0.25, -0.2) is 4.90 Å². The third-order valence-corrected chi connectivity index (χ3v) is 6.79. The highest BCUT2D eigenvalue weighted by molar-refractivity contribution is 6.23. The average molecular weight is 394 g/mol. The van der Waals surface area contributed by atoms with Crippen molar-refractivity contribution >= 4 is 23.5 Å². The summed E-state index contributed by atoms with van der Waals surface area (Å²) in [5, 5.41) is 11.3. The van der Waals surface area contributed by atoms with Crippen LogP contribution >= 0.6 is 0 Å². The lowest BCUT2D eigenvalue weighted by atomic mass is 9.55. The number of hydrogen-bond donors (Lipinski definition) is 0. The van der Waals surface area contributed by atoms with Crippen molar-refractivity contribution in [3.63, 3.8) is 0 Å². The van der Waals surface area contributed by atoms with E-state index in [0.717, 1.165) is 22.3 Å². The Morgan fingerprint density at radius 2 is 1.17 bits per heavy atom. The van der Waals surface area contributed by atoms with Gasteiger partial charge in [0.05, 0.1) is 23.5 Å². The zero-order chi connectivity index (χ0) is 20.6. The van der Waals surface area contributed by atoms with Gasteiger partial charge in [-0.2, -0.15) is 0 Å². The monoisotopic (exact) mass is 394 g/mol. The summed E-state index contributed by atoms with van der Waals surface area (Å²) in [5.41, 5.74) is 4.65. The van der Waals surface area contributed by atoms with Gasteiger partial charge >= 0.3 is 0 Å². The molecule has 3 aliphatic carbocycles. The lowest BCUT2D eigenvalue weighted by Crippen LogP contribution is -2.41. The summed E-state index contributed by atoms with van der Waals surface area (Å²) in [6.07, 6.45) is 0. The van der Waals surface area contributed by atoms with E-state index in [0.29, 0.717) is 0 Å². The lowest BCUT2D eigenvalue weighted by Gasteiger charge is -2.45. The normalized spacial score (nSPS) is 25.7. The molecular weight excluding hydrogens is 378 g/mol. The Morgan fingerprint density at radius 1 is 0.700 bits per heavy atom. The van der Waals surface area contributed by atoms with Gasteiger partial charge in [0.2, 0.25) is 11.8 Å². The Kier molecular flexibility index (Phi) is 3.37. The second-order valence-corrected chi connectivity index (χ2v) is 8.11. The van der Waals surface area contributed by atoms with Gasteiger partial charge in [0, 0.05) is 11.8 Å². The van der Waals surface area contributed by atoms with Crippen LogP contribution in [0.4, 0.5) is 5.69 Å². The predicted octanol–water partition coefficient (Wildman–Crippen LogP) is 2.45. The van der Waals surface area contributed by atoms with Gasteiger partial charge in [-0.3, -0.25) is 9.59 Å². The van der Waals surface area contributed by atoms with E-state index in [-0.39, 0.29) is 34.9 Å². The summed E-state index contributed by atoms with van der Waals surface area (Å²) in [6.45, 7) is 0. The van der Waals surface area contributed by atoms with Crippen LogP contribution in [-0.4, -0.2) is 17.8 Å². The van der Waals surface area contributed by atoms with Crippen molar-refractivity contribution in [2.45, 2.75) is 11.8 Å². The van der Waals surface area contributed by atoms with Crippen molar-refractivity contribution < 1.29 is 19.5 Å². The highest BCUT2D eigenvalue weighted by Gasteiger charge is 2.61. The number of hydrogen-bond acceptors (Lipinski definition) is 4. The van der Waals surface area contributed by atoms with Gasteiger partial charge in [-0.1, -0.05) is 60.7 Å². The first-order chi connectivity index (χ1) is 14.6. The molecule has 2 atom stereocenters. The Hall–Kier alpha value is -3.73. The molecule has 1 fully saturated rings. The highest BCUT2D eigenvalue weighted by atomic mass is 16.4. The fourth-order valence-electron chi connectivity index (χ4n) is 5.70. The first kappa shape index (κ1) is 17.2. The quantitative estimate of drug-likeness (QED) is 0.626. The number of imide groups is 1. The lowest BCUT2D eigenvalue weighted by molar-refractivity contribution is -0.255. The van der Waals surface area contributed by atoms with Crippen LogP contribution in [0.15, 0.2) is 72.8 Å². The minimum absolute atomic E-state index is 0.0579. The smallest absolute Gasteiger partial charge is 0.238 e. The molecule has 1 aliphatic heterocycles. The van der Waals surface area contributed by atoms with Crippen LogP contribution in [0, 0.1) is 11.8 Å². The third-order valence-electron chi connectivity index (χ3n) is 6.79. The highest BCUT2D eigenvalue weighted by Crippen LogP contribution is 2.61. The second-order valence-electron chi connectivity index (χ2n) is 8.11. The molecule has 146 valence electrons. The maximum absolute atomic E-state index is 13.6. The van der Waals surface area contributed by atoms with Crippen LogP contribution in [0.3, 0.4) is 0 Å². The van der Waals surface area contributed by atoms with E-state index in [4.69, 9.17) is 0 Å². The molecule has 3 aromatic carbocycles. The molecule has 0 N–H and O–H groups in total. The molecule has 2 amide bonds. The SMILES string of the molecule is O=C([O-])c1cccc(N2C(=O)[C@H]3C4c5ccccc5C(c5ccccc54)[C@@H]3C2=O)c1. The molecular formula is C25H16NO4-. The van der Waals surface area contributed by atoms with Crippen LogP contribution < -0.4 is 10.0 Å². The number of carboxylic acids is 1. The topological polar surface area (TPSA) is 77.5 Å². The van der Waals surface area contributed by atoms with Crippen molar-refractivity contribution in [3.8, 4) is 0 Å². The Balaban J connectivity index is 1.54. The molecule has 3 aromatic rings. The summed E-state index contributed by atoms with van der Waals surface area (Å²) in [5.74, 6) is -3.21. The molecule has 5 nitrogen and oxygen atoms in total. The molecule has 0 saturated carbocycles. The number of aromatic carboxylic acids is 1. The summed E-state index contributed by atoms with van der Waals surface area (Å²) in [7, 11) is 0. The number of carboxylic acid groups (broad SMARTS) is 1. The van der Waals surface area contributed by atoms with Crippen LogP contribution in [0.25, 0.3) is 0 Å². The van der Waals surface area contributed by atoms with Crippen LogP contribution in [0.2, 0.25) is 0 Å². The molecule has 0 radical (unpaired) electrons. The Bertz CT molecular complexity index is 1150. The number of rotatable bonds is 2. The molecule has 1 heterocycles. The fraction of sp³-hybridized carbons (Fsp3) is 0.160. The van der Waals surface area contributed by atoms with E-state index in [9.17, 15) is 19.5 Å². The molecule has 0 spiro atoms. The standard InChI is InChI=1S/C25H17NO4/c27-23-21-19-15-8-1-2-9-16(15)20(18-11-4-3-10-17(18)19)22(21)24(28)26(23)14-7-5-6-13(12-14)25(29)30/h1-12,19-22H,(H,29,30)/p-1/t19?,20?,21-,22-/m0/s1. The van der Waals surface area contributed by atoms with Crippen molar-refractivity contribution in [3.05, 3.63) is 101 Å². The molecule has 0 aromatic heterocycles. The Morgan fingerprint density at radius 3 is 1.60 bits per heavy atom. The second kappa shape index (κ2) is 5.89. The summed E-state index contributed by atoms with van der Waals surface area (Å²) in [4.78, 5) is 39.6. The Labute approximate surface area is 172 Å². The van der Waals surface area contributed by atoms with E-state index >= 15 is 0 Å². The number of amides is 2. The molecule has 30 heavy (non-hydrogen) atoms. The van der Waals surface area contributed by atoms with Gasteiger partial charge in [-0.15, -0.1) is 0 Å². The van der Waals surface area contributed by atoms with E-state index in [1.807, 2.05) is 24.3 Å². The zero-order valence-electron chi connectivity index (χ0n) is 15.8. The van der Waals surface area contributed by atoms with Crippen LogP contribution in [0.5, 0.6) is 0 Å². The maximum Gasteiger partial charge on any atom is 0.238 e. The number of nitrogens with zero attached hydrogens (tertiary/aromatic N) is 1. The fourth-order valence-corrected chi connectivity index (χ4v) is 5.70. The van der Waals surface area contributed by atoms with Gasteiger partial charge in [0.15, 0.2) is 0 Å². The van der Waals surface area contributed by atoms with E-state index < -0.39 is 17.8 Å². The summed E-state index contributed by atoms with van der Waals surface area (Å²) in [6, 6.07) is 22.0. The molecule has 0 unspecified atom stereocenters. The predicted molar refractivity (Wildman–Crippen MR) is 107 cm³/mol. The van der Waals surface area contributed by atoms with Crippen molar-refractivity contribution in [1.29, 1.82) is 0 Å². The van der Waals surface area contributed by atoms with Gasteiger partial charge < -0.3 is 9.90 Å². The van der Waals surface area contributed by atoms with Crippen molar-refractivity contribution in [2.75, 3.05) is 4.90 Å². The zero-order valence-corrected chi connectivity index (χ0v) is 15.8. The van der Waals surface area contributed by atoms with Gasteiger partial charge in [0.25, 0.3) is 0 Å². The van der Waals surface area contributed by atoms with E-state index in [1.165, 1.54) is 23.1 Å². The van der Waals surface area contributed by atoms with E-state index in [2.05, 4.69) is 24.3 Å². The minimum Gasteiger partial charge on any atom is -0.545 e. The summed E-state index contributed by atoms with van der Waals surface area (Å²) >= 11 is 0. The number of carbonyl (C=O) groups excluding carboxylic acids is 3. The third kappa shape index (κ3) is 2.04. The van der Waals surface area contributed by atoms with Crippen LogP contribution in [-0.2, 0) is 9.59 Å². The number of carbonyl (C=O) groups is 3. The molecule has 5 heteroatoms. The van der Waals surface area contributed by atoms with Crippen molar-refractivity contribution in [1.82, 2.24) is 0 Å². The van der Waals surface area contributed by atoms with E-state index in [1.54, 1.807) is 6.07 Å². The molecule has 1 saturated heterocycles. The van der Waals surface area contributed by atoms with Crippen LogP contribution in [0.1, 0.15) is 44.4 Å². The molecule has 7 rings (SSSR count). The first-order valence-corrected chi connectivity index (χ1v) is 9.95. The maximum atomic E-state index is 13.6. The number of benzene rings is 3. The van der Waals surface area contributed by atoms with Gasteiger partial charge in [0.1, 0.15) is 0 Å². The average Bonchev–Trinajstić information content (AvgIpc) is 3.04. The summed E-state index contributed by atoms with van der Waals surface area (Å²) < 4.78 is 0. The molecule has 2 bridgehead atoms.